The Balaban J connectivity index is 2.33. The molecular weight excluding hydrogens is 334 g/mol. The van der Waals surface area contributed by atoms with Crippen molar-refractivity contribution in [1.29, 1.82) is 0 Å². The second kappa shape index (κ2) is 9.77. The van der Waals surface area contributed by atoms with Gasteiger partial charge in [-0.05, 0) is 30.0 Å². The van der Waals surface area contributed by atoms with Crippen molar-refractivity contribution in [2.75, 3.05) is 6.54 Å². The highest BCUT2D eigenvalue weighted by Gasteiger charge is 2.21. The number of carbonyl (C=O) groups excluding carboxylic acids is 2. The number of aliphatic carboxylic acids is 1. The van der Waals surface area contributed by atoms with E-state index in [1.54, 1.807) is 24.3 Å². The topological polar surface area (TPSA) is 108 Å². The second-order valence-electron chi connectivity index (χ2n) is 5.75. The lowest BCUT2D eigenvalue weighted by atomic mass is 10.0. The van der Waals surface area contributed by atoms with Gasteiger partial charge in [0.05, 0.1) is 6.54 Å². The van der Waals surface area contributed by atoms with Crippen LogP contribution in [0.1, 0.15) is 25.8 Å². The van der Waals surface area contributed by atoms with Gasteiger partial charge in [0, 0.05) is 11.6 Å². The molecule has 1 aromatic rings. The SMILES string of the molecule is CC(C)C[C@H](NC(=O)CNC(=O)NCc1ccc(Cl)cc1)C(=O)O. The Morgan fingerprint density at radius 2 is 1.75 bits per heavy atom. The van der Waals surface area contributed by atoms with Gasteiger partial charge in [-0.1, -0.05) is 37.6 Å². The molecule has 1 atom stereocenters. The minimum absolute atomic E-state index is 0.127. The van der Waals surface area contributed by atoms with E-state index in [1.807, 2.05) is 13.8 Å². The van der Waals surface area contributed by atoms with Crippen LogP contribution in [0, 0.1) is 5.92 Å². The van der Waals surface area contributed by atoms with E-state index in [4.69, 9.17) is 16.7 Å². The maximum absolute atomic E-state index is 11.7. The number of nitrogens with one attached hydrogen (secondary N) is 3. The predicted molar refractivity (Wildman–Crippen MR) is 90.7 cm³/mol. The maximum atomic E-state index is 11.7. The van der Waals surface area contributed by atoms with Gasteiger partial charge in [-0.15, -0.1) is 0 Å². The molecule has 0 aromatic heterocycles. The molecule has 3 amide bonds. The van der Waals surface area contributed by atoms with Crippen LogP contribution in [0.25, 0.3) is 0 Å². The summed E-state index contributed by atoms with van der Waals surface area (Å²) in [6, 6.07) is 5.50. The van der Waals surface area contributed by atoms with Crippen molar-refractivity contribution in [3.8, 4) is 0 Å². The normalized spacial score (nSPS) is 11.7. The Morgan fingerprint density at radius 1 is 1.12 bits per heavy atom. The molecule has 132 valence electrons. The van der Waals surface area contributed by atoms with Crippen LogP contribution in [-0.2, 0) is 16.1 Å². The van der Waals surface area contributed by atoms with Crippen molar-refractivity contribution in [2.45, 2.75) is 32.9 Å². The predicted octanol–water partition coefficient (Wildman–Crippen LogP) is 1.75. The quantitative estimate of drug-likeness (QED) is 0.569. The number of urea groups is 1. The molecule has 0 heterocycles. The van der Waals surface area contributed by atoms with E-state index in [2.05, 4.69) is 16.0 Å². The van der Waals surface area contributed by atoms with Crippen LogP contribution in [0.5, 0.6) is 0 Å². The van der Waals surface area contributed by atoms with Crippen molar-refractivity contribution in [2.24, 2.45) is 5.92 Å². The number of amides is 3. The average molecular weight is 356 g/mol. The maximum Gasteiger partial charge on any atom is 0.326 e. The van der Waals surface area contributed by atoms with Gasteiger partial charge in [-0.3, -0.25) is 4.79 Å². The molecule has 0 radical (unpaired) electrons. The highest BCUT2D eigenvalue weighted by atomic mass is 35.5. The molecule has 0 bridgehead atoms. The molecule has 0 fully saturated rings. The molecule has 4 N–H and O–H groups in total. The van der Waals surface area contributed by atoms with Gasteiger partial charge in [0.2, 0.25) is 5.91 Å². The van der Waals surface area contributed by atoms with E-state index in [-0.39, 0.29) is 19.0 Å². The van der Waals surface area contributed by atoms with Crippen molar-refractivity contribution in [3.05, 3.63) is 34.9 Å². The molecule has 1 rings (SSSR count). The summed E-state index contributed by atoms with van der Waals surface area (Å²) in [7, 11) is 0. The number of halogens is 1. The molecule has 1 aromatic carbocycles. The molecule has 0 aliphatic heterocycles. The van der Waals surface area contributed by atoms with E-state index in [1.165, 1.54) is 0 Å². The molecule has 0 aliphatic carbocycles. The molecular formula is C16H22ClN3O4. The summed E-state index contributed by atoms with van der Waals surface area (Å²) in [5.41, 5.74) is 0.863. The summed E-state index contributed by atoms with van der Waals surface area (Å²) in [5, 5.41) is 17.0. The zero-order chi connectivity index (χ0) is 18.1. The highest BCUT2D eigenvalue weighted by molar-refractivity contribution is 6.30. The zero-order valence-electron chi connectivity index (χ0n) is 13.6. The summed E-state index contributed by atoms with van der Waals surface area (Å²) in [6.45, 7) is 3.72. The van der Waals surface area contributed by atoms with Gasteiger partial charge >= 0.3 is 12.0 Å². The Labute approximate surface area is 145 Å². The van der Waals surface area contributed by atoms with Crippen molar-refractivity contribution in [1.82, 2.24) is 16.0 Å². The minimum atomic E-state index is -1.09. The van der Waals surface area contributed by atoms with Gasteiger partial charge < -0.3 is 21.1 Å². The smallest absolute Gasteiger partial charge is 0.326 e. The summed E-state index contributed by atoms with van der Waals surface area (Å²) in [6.07, 6.45) is 0.323. The number of carboxylic acid groups (broad SMARTS) is 1. The third-order valence-electron chi connectivity index (χ3n) is 3.12. The Morgan fingerprint density at radius 3 is 2.29 bits per heavy atom. The first-order valence-electron chi connectivity index (χ1n) is 7.56. The van der Waals surface area contributed by atoms with Gasteiger partial charge in [0.25, 0.3) is 0 Å². The number of hydrogen-bond acceptors (Lipinski definition) is 3. The van der Waals surface area contributed by atoms with Crippen LogP contribution < -0.4 is 16.0 Å². The third-order valence-corrected chi connectivity index (χ3v) is 3.37. The summed E-state index contributed by atoms with van der Waals surface area (Å²) in [5.74, 6) is -1.52. The lowest BCUT2D eigenvalue weighted by Crippen LogP contribution is -2.47. The Hall–Kier alpha value is -2.28. The lowest BCUT2D eigenvalue weighted by molar-refractivity contribution is -0.142. The van der Waals surface area contributed by atoms with Crippen molar-refractivity contribution in [3.63, 3.8) is 0 Å². The van der Waals surface area contributed by atoms with Gasteiger partial charge in [0.1, 0.15) is 6.04 Å². The Bertz CT molecular complexity index is 575. The first kappa shape index (κ1) is 19.8. The first-order chi connectivity index (χ1) is 11.3. The average Bonchev–Trinajstić information content (AvgIpc) is 2.51. The number of carboxylic acids is 1. The third kappa shape index (κ3) is 7.82. The fourth-order valence-corrected chi connectivity index (χ4v) is 2.07. The fraction of sp³-hybridized carbons (Fsp3) is 0.438. The fourth-order valence-electron chi connectivity index (χ4n) is 1.95. The second-order valence-corrected chi connectivity index (χ2v) is 6.19. The number of hydrogen-bond donors (Lipinski definition) is 4. The van der Waals surface area contributed by atoms with Gasteiger partial charge in [0.15, 0.2) is 0 Å². The van der Waals surface area contributed by atoms with E-state index in [0.717, 1.165) is 5.56 Å². The molecule has 0 saturated heterocycles. The number of carbonyl (C=O) groups is 3. The first-order valence-corrected chi connectivity index (χ1v) is 7.94. The molecule has 7 nitrogen and oxygen atoms in total. The van der Waals surface area contributed by atoms with Crippen LogP contribution in [0.15, 0.2) is 24.3 Å². The minimum Gasteiger partial charge on any atom is -0.480 e. The van der Waals surface area contributed by atoms with E-state index < -0.39 is 23.9 Å². The zero-order valence-corrected chi connectivity index (χ0v) is 14.4. The summed E-state index contributed by atoms with van der Waals surface area (Å²) in [4.78, 5) is 34.4. The van der Waals surface area contributed by atoms with Crippen LogP contribution in [0.4, 0.5) is 4.79 Å². The molecule has 0 saturated carbocycles. The molecule has 0 spiro atoms. The van der Waals surface area contributed by atoms with Gasteiger partial charge in [-0.25, -0.2) is 9.59 Å². The number of benzene rings is 1. The summed E-state index contributed by atoms with van der Waals surface area (Å²) < 4.78 is 0. The van der Waals surface area contributed by atoms with Crippen LogP contribution in [0.2, 0.25) is 5.02 Å². The van der Waals surface area contributed by atoms with Crippen molar-refractivity contribution < 1.29 is 19.5 Å². The largest absolute Gasteiger partial charge is 0.480 e. The lowest BCUT2D eigenvalue weighted by Gasteiger charge is -2.16. The van der Waals surface area contributed by atoms with Crippen LogP contribution >= 0.6 is 11.6 Å². The monoisotopic (exact) mass is 355 g/mol. The van der Waals surface area contributed by atoms with Crippen molar-refractivity contribution >= 4 is 29.5 Å². The van der Waals surface area contributed by atoms with E-state index in [9.17, 15) is 14.4 Å². The van der Waals surface area contributed by atoms with Gasteiger partial charge in [-0.2, -0.15) is 0 Å². The molecule has 0 unspecified atom stereocenters. The number of rotatable bonds is 8. The molecule has 8 heteroatoms. The Kier molecular flexibility index (Phi) is 8.05. The molecule has 0 aliphatic rings. The highest BCUT2D eigenvalue weighted by Crippen LogP contribution is 2.09. The summed E-state index contributed by atoms with van der Waals surface area (Å²) >= 11 is 5.77. The standard InChI is InChI=1S/C16H22ClN3O4/c1-10(2)7-13(15(22)23)20-14(21)9-19-16(24)18-8-11-3-5-12(17)6-4-11/h3-6,10,13H,7-9H2,1-2H3,(H,20,21)(H,22,23)(H2,18,19,24)/t13-/m0/s1. The van der Waals surface area contributed by atoms with E-state index in [0.29, 0.717) is 11.4 Å². The van der Waals surface area contributed by atoms with E-state index >= 15 is 0 Å². The van der Waals surface area contributed by atoms with Crippen LogP contribution in [0.3, 0.4) is 0 Å². The van der Waals surface area contributed by atoms with Crippen LogP contribution in [-0.4, -0.2) is 35.6 Å². The molecule has 24 heavy (non-hydrogen) atoms.